The first-order valence-electron chi connectivity index (χ1n) is 16.1. The monoisotopic (exact) mass is 581 g/mol. The number of hydrogen-bond donors (Lipinski definition) is 3. The Morgan fingerprint density at radius 3 is 1.51 bits per heavy atom. The van der Waals surface area contributed by atoms with Crippen LogP contribution < -0.4 is 5.73 Å². The van der Waals surface area contributed by atoms with Crippen LogP contribution in [0.1, 0.15) is 142 Å². The Kier molecular flexibility index (Phi) is 29.4. The van der Waals surface area contributed by atoms with E-state index in [1.165, 1.54) is 122 Å². The average Bonchev–Trinajstić information content (AvgIpc) is 2.93. The standard InChI is InChI=1S/C30H64NO7P/c1-3-4-5-6-7-8-9-10-11-12-13-14-15-16-17-18-19-20-21-22-23-30(35-2)28-36-26-29(32)27-38-39(33,34)37-25-24-31/h29-30,32H,3-28,31H2,1-2H3,(H,33,34)/t29-,30?/m1/s1. The molecule has 0 saturated carbocycles. The second-order valence-electron chi connectivity index (χ2n) is 10.9. The Bertz CT molecular complexity index is 541. The molecule has 0 spiro atoms. The maximum atomic E-state index is 11.5. The van der Waals surface area contributed by atoms with Crippen LogP contribution in [0.4, 0.5) is 0 Å². The van der Waals surface area contributed by atoms with Gasteiger partial charge in [-0.3, -0.25) is 9.05 Å². The van der Waals surface area contributed by atoms with Crippen molar-refractivity contribution in [3.63, 3.8) is 0 Å². The third kappa shape index (κ3) is 29.2. The molecule has 4 N–H and O–H groups in total. The van der Waals surface area contributed by atoms with Crippen molar-refractivity contribution in [2.45, 2.75) is 154 Å². The molecule has 0 radical (unpaired) electrons. The van der Waals surface area contributed by atoms with E-state index in [1.54, 1.807) is 7.11 Å². The van der Waals surface area contributed by atoms with Gasteiger partial charge >= 0.3 is 7.82 Å². The second kappa shape index (κ2) is 29.4. The topological polar surface area (TPSA) is 120 Å². The third-order valence-electron chi connectivity index (χ3n) is 7.13. The zero-order valence-corrected chi connectivity index (χ0v) is 26.4. The minimum absolute atomic E-state index is 0.00396. The van der Waals surface area contributed by atoms with Gasteiger partial charge in [0, 0.05) is 13.7 Å². The molecule has 9 heteroatoms. The summed E-state index contributed by atoms with van der Waals surface area (Å²) in [6, 6.07) is 0. The van der Waals surface area contributed by atoms with Gasteiger partial charge in [0.25, 0.3) is 0 Å². The van der Waals surface area contributed by atoms with E-state index in [-0.39, 0.29) is 32.5 Å². The molecule has 0 fully saturated rings. The van der Waals surface area contributed by atoms with Gasteiger partial charge in [-0.25, -0.2) is 4.57 Å². The summed E-state index contributed by atoms with van der Waals surface area (Å²) in [6.45, 7) is 2.32. The summed E-state index contributed by atoms with van der Waals surface area (Å²) in [5.41, 5.74) is 5.22. The van der Waals surface area contributed by atoms with Gasteiger partial charge in [-0.15, -0.1) is 0 Å². The number of rotatable bonds is 32. The summed E-state index contributed by atoms with van der Waals surface area (Å²) in [5, 5.41) is 9.87. The van der Waals surface area contributed by atoms with Crippen LogP contribution in [-0.2, 0) is 23.1 Å². The highest BCUT2D eigenvalue weighted by Crippen LogP contribution is 2.42. The van der Waals surface area contributed by atoms with Gasteiger partial charge in [-0.1, -0.05) is 135 Å². The van der Waals surface area contributed by atoms with Gasteiger partial charge in [-0.05, 0) is 6.42 Å². The van der Waals surface area contributed by atoms with Gasteiger partial charge in [-0.2, -0.15) is 0 Å². The first-order valence-corrected chi connectivity index (χ1v) is 17.5. The number of methoxy groups -OCH3 is 1. The van der Waals surface area contributed by atoms with Gasteiger partial charge in [0.15, 0.2) is 0 Å². The molecule has 0 rings (SSSR count). The molecule has 0 aromatic heterocycles. The molecule has 0 aliphatic rings. The van der Waals surface area contributed by atoms with Gasteiger partial charge < -0.3 is 25.2 Å². The minimum Gasteiger partial charge on any atom is -0.388 e. The van der Waals surface area contributed by atoms with E-state index < -0.39 is 13.9 Å². The number of nitrogens with two attached hydrogens (primary N) is 1. The average molecular weight is 582 g/mol. The number of aliphatic hydroxyl groups is 1. The fraction of sp³-hybridized carbons (Fsp3) is 1.00. The Labute approximate surface area is 240 Å². The van der Waals surface area contributed by atoms with E-state index in [9.17, 15) is 14.6 Å². The van der Waals surface area contributed by atoms with Crippen LogP contribution in [-0.4, -0.2) is 62.3 Å². The van der Waals surface area contributed by atoms with E-state index >= 15 is 0 Å². The Morgan fingerprint density at radius 2 is 1.10 bits per heavy atom. The molecule has 0 aliphatic heterocycles. The lowest BCUT2D eigenvalue weighted by Gasteiger charge is -2.18. The maximum Gasteiger partial charge on any atom is 0.472 e. The summed E-state index contributed by atoms with van der Waals surface area (Å²) in [7, 11) is -2.52. The Hall–Kier alpha value is -0.0500. The van der Waals surface area contributed by atoms with Crippen LogP contribution in [0.3, 0.4) is 0 Å². The lowest BCUT2D eigenvalue weighted by molar-refractivity contribution is -0.0386. The highest BCUT2D eigenvalue weighted by molar-refractivity contribution is 7.47. The predicted molar refractivity (Wildman–Crippen MR) is 161 cm³/mol. The van der Waals surface area contributed by atoms with Crippen LogP contribution in [0.2, 0.25) is 0 Å². The van der Waals surface area contributed by atoms with Crippen molar-refractivity contribution in [3.05, 3.63) is 0 Å². The molecule has 2 unspecified atom stereocenters. The first kappa shape index (κ1) is 39.0. The molecular weight excluding hydrogens is 517 g/mol. The molecule has 0 bridgehead atoms. The zero-order valence-electron chi connectivity index (χ0n) is 25.5. The SMILES string of the molecule is CCCCCCCCCCCCCCCCCCCCCCC(COC[C@@H](O)COP(=O)(O)OCCN)OC. The molecule has 0 aromatic rings. The molecule has 236 valence electrons. The fourth-order valence-corrected chi connectivity index (χ4v) is 5.44. The van der Waals surface area contributed by atoms with Gasteiger partial charge in [0.05, 0.1) is 32.5 Å². The van der Waals surface area contributed by atoms with Crippen LogP contribution in [0.15, 0.2) is 0 Å². The number of phosphoric ester groups is 1. The molecule has 3 atom stereocenters. The van der Waals surface area contributed by atoms with E-state index in [4.69, 9.17) is 19.7 Å². The molecular formula is C30H64NO7P. The maximum absolute atomic E-state index is 11.5. The lowest BCUT2D eigenvalue weighted by atomic mass is 10.0. The fourth-order valence-electron chi connectivity index (χ4n) is 4.67. The van der Waals surface area contributed by atoms with Crippen LogP contribution in [0.25, 0.3) is 0 Å². The van der Waals surface area contributed by atoms with E-state index in [2.05, 4.69) is 11.4 Å². The predicted octanol–water partition coefficient (Wildman–Crippen LogP) is 7.68. The van der Waals surface area contributed by atoms with Gasteiger partial charge in [0.1, 0.15) is 6.10 Å². The summed E-state index contributed by atoms with van der Waals surface area (Å²) in [5.74, 6) is 0. The second-order valence-corrected chi connectivity index (χ2v) is 12.4. The normalized spacial score (nSPS) is 14.9. The van der Waals surface area contributed by atoms with E-state index in [0.29, 0.717) is 6.61 Å². The zero-order chi connectivity index (χ0) is 28.9. The summed E-state index contributed by atoms with van der Waals surface area (Å²) in [6.07, 6.45) is 27.3. The van der Waals surface area contributed by atoms with Crippen molar-refractivity contribution < 1.29 is 33.1 Å². The Balaban J connectivity index is 3.43. The number of aliphatic hydroxyl groups excluding tert-OH is 1. The quantitative estimate of drug-likeness (QED) is 0.0546. The van der Waals surface area contributed by atoms with Crippen LogP contribution in [0, 0.1) is 0 Å². The van der Waals surface area contributed by atoms with Crippen molar-refractivity contribution in [2.24, 2.45) is 5.73 Å². The van der Waals surface area contributed by atoms with Crippen molar-refractivity contribution >= 4 is 7.82 Å². The van der Waals surface area contributed by atoms with Crippen molar-refractivity contribution in [1.82, 2.24) is 0 Å². The van der Waals surface area contributed by atoms with E-state index in [1.807, 2.05) is 0 Å². The summed E-state index contributed by atoms with van der Waals surface area (Å²) < 4.78 is 31.9. The highest BCUT2D eigenvalue weighted by atomic mass is 31.2. The minimum atomic E-state index is -4.18. The summed E-state index contributed by atoms with van der Waals surface area (Å²) >= 11 is 0. The van der Waals surface area contributed by atoms with Gasteiger partial charge in [0.2, 0.25) is 0 Å². The van der Waals surface area contributed by atoms with Crippen molar-refractivity contribution in [1.29, 1.82) is 0 Å². The highest BCUT2D eigenvalue weighted by Gasteiger charge is 2.22. The summed E-state index contributed by atoms with van der Waals surface area (Å²) in [4.78, 5) is 9.42. The number of unbranched alkanes of at least 4 members (excludes halogenated alkanes) is 19. The molecule has 0 amide bonds. The van der Waals surface area contributed by atoms with Crippen LogP contribution in [0.5, 0.6) is 0 Å². The molecule has 0 aliphatic carbocycles. The molecule has 0 saturated heterocycles. The van der Waals surface area contributed by atoms with Crippen molar-refractivity contribution in [3.8, 4) is 0 Å². The molecule has 39 heavy (non-hydrogen) atoms. The Morgan fingerprint density at radius 1 is 0.667 bits per heavy atom. The molecule has 0 heterocycles. The first-order chi connectivity index (χ1) is 18.9. The number of ether oxygens (including phenoxy) is 2. The third-order valence-corrected chi connectivity index (χ3v) is 8.11. The van der Waals surface area contributed by atoms with Crippen LogP contribution >= 0.6 is 7.82 Å². The molecule has 8 nitrogen and oxygen atoms in total. The number of phosphoric acid groups is 1. The van der Waals surface area contributed by atoms with Crippen molar-refractivity contribution in [2.75, 3.05) is 40.1 Å². The molecule has 0 aromatic carbocycles. The largest absolute Gasteiger partial charge is 0.472 e. The smallest absolute Gasteiger partial charge is 0.388 e. The number of hydrogen-bond acceptors (Lipinski definition) is 7. The van der Waals surface area contributed by atoms with E-state index in [0.717, 1.165) is 12.8 Å². The lowest BCUT2D eigenvalue weighted by Crippen LogP contribution is -2.26.